The summed E-state index contributed by atoms with van der Waals surface area (Å²) in [6.45, 7) is 10.5. The van der Waals surface area contributed by atoms with E-state index in [4.69, 9.17) is 10.8 Å². The third-order valence-corrected chi connectivity index (χ3v) is 3.72. The van der Waals surface area contributed by atoms with Crippen LogP contribution in [0.25, 0.3) is 0 Å². The Morgan fingerprint density at radius 3 is 2.35 bits per heavy atom. The van der Waals surface area contributed by atoms with Crippen LogP contribution in [0.4, 0.5) is 11.6 Å². The molecule has 1 aliphatic rings. The monoisotopic (exact) mass is 277 g/mol. The number of nitrogens with two attached hydrogens (primary N) is 1. The molecule has 0 aliphatic heterocycles. The van der Waals surface area contributed by atoms with E-state index in [2.05, 4.69) is 43.4 Å². The molecule has 1 atom stereocenters. The number of nitrogens with zero attached hydrogens (tertiary/aromatic N) is 2. The first-order valence-corrected chi connectivity index (χ1v) is 7.43. The molecule has 4 N–H and O–H groups in total. The Morgan fingerprint density at radius 1 is 1.25 bits per heavy atom. The first kappa shape index (κ1) is 15.0. The highest BCUT2D eigenvalue weighted by molar-refractivity contribution is 5.57. The minimum atomic E-state index is -0.102. The van der Waals surface area contributed by atoms with Crippen molar-refractivity contribution in [2.75, 3.05) is 10.7 Å². The molecule has 0 spiro atoms. The van der Waals surface area contributed by atoms with Gasteiger partial charge in [0, 0.05) is 17.0 Å². The number of hydrogen-bond acceptors (Lipinski definition) is 5. The molecular weight excluding hydrogens is 250 g/mol. The van der Waals surface area contributed by atoms with Crippen LogP contribution in [0.5, 0.6) is 0 Å². The van der Waals surface area contributed by atoms with E-state index in [0.29, 0.717) is 11.9 Å². The van der Waals surface area contributed by atoms with Crippen LogP contribution in [0.3, 0.4) is 0 Å². The summed E-state index contributed by atoms with van der Waals surface area (Å²) in [7, 11) is 0. The van der Waals surface area contributed by atoms with Gasteiger partial charge in [-0.25, -0.2) is 15.8 Å². The zero-order valence-electron chi connectivity index (χ0n) is 13.2. The van der Waals surface area contributed by atoms with Crippen molar-refractivity contribution >= 4 is 11.6 Å². The highest BCUT2D eigenvalue weighted by atomic mass is 15.3. The van der Waals surface area contributed by atoms with Crippen LogP contribution in [0, 0.1) is 12.8 Å². The van der Waals surface area contributed by atoms with Gasteiger partial charge in [-0.3, -0.25) is 0 Å². The van der Waals surface area contributed by atoms with Crippen LogP contribution in [0.1, 0.15) is 58.3 Å². The molecule has 112 valence electrons. The summed E-state index contributed by atoms with van der Waals surface area (Å²) in [6, 6.07) is 0.426. The van der Waals surface area contributed by atoms with E-state index < -0.39 is 0 Å². The van der Waals surface area contributed by atoms with Crippen molar-refractivity contribution in [3.63, 3.8) is 0 Å². The van der Waals surface area contributed by atoms with E-state index in [9.17, 15) is 0 Å². The molecule has 1 saturated carbocycles. The van der Waals surface area contributed by atoms with E-state index in [-0.39, 0.29) is 5.41 Å². The molecule has 0 saturated heterocycles. The predicted molar refractivity (Wildman–Crippen MR) is 83.7 cm³/mol. The smallest absolute Gasteiger partial charge is 0.148 e. The Bertz CT molecular complexity index is 474. The van der Waals surface area contributed by atoms with Gasteiger partial charge in [0.05, 0.1) is 0 Å². The van der Waals surface area contributed by atoms with Gasteiger partial charge in [0.2, 0.25) is 0 Å². The maximum atomic E-state index is 5.59. The fourth-order valence-corrected chi connectivity index (χ4v) is 2.28. The van der Waals surface area contributed by atoms with Gasteiger partial charge in [-0.1, -0.05) is 33.6 Å². The Morgan fingerprint density at radius 2 is 1.85 bits per heavy atom. The van der Waals surface area contributed by atoms with Gasteiger partial charge in [0.25, 0.3) is 0 Å². The van der Waals surface area contributed by atoms with Crippen molar-refractivity contribution in [1.29, 1.82) is 0 Å². The van der Waals surface area contributed by atoms with E-state index in [1.54, 1.807) is 0 Å². The summed E-state index contributed by atoms with van der Waals surface area (Å²) in [5, 5.41) is 3.52. The molecule has 1 unspecified atom stereocenters. The number of nitrogen functional groups attached to an aromatic ring is 1. The lowest BCUT2D eigenvalue weighted by atomic mass is 9.95. The lowest BCUT2D eigenvalue weighted by Gasteiger charge is -2.22. The molecule has 0 aromatic carbocycles. The summed E-state index contributed by atoms with van der Waals surface area (Å²) < 4.78 is 0. The molecule has 0 bridgehead atoms. The number of hydrazine groups is 1. The first-order chi connectivity index (χ1) is 9.31. The van der Waals surface area contributed by atoms with E-state index in [0.717, 1.165) is 23.1 Å². The summed E-state index contributed by atoms with van der Waals surface area (Å²) in [5.41, 5.74) is 3.56. The topological polar surface area (TPSA) is 75.9 Å². The van der Waals surface area contributed by atoms with E-state index in [1.165, 1.54) is 19.3 Å². The van der Waals surface area contributed by atoms with Gasteiger partial charge in [-0.2, -0.15) is 0 Å². The Kier molecular flexibility index (Phi) is 4.18. The quantitative estimate of drug-likeness (QED) is 0.570. The van der Waals surface area contributed by atoms with E-state index >= 15 is 0 Å². The fourth-order valence-electron chi connectivity index (χ4n) is 2.28. The third-order valence-electron chi connectivity index (χ3n) is 3.72. The minimum Gasteiger partial charge on any atom is -0.367 e. The Balaban J connectivity index is 2.24. The van der Waals surface area contributed by atoms with Crippen molar-refractivity contribution in [1.82, 2.24) is 9.97 Å². The van der Waals surface area contributed by atoms with Crippen molar-refractivity contribution in [2.45, 2.75) is 65.3 Å². The summed E-state index contributed by atoms with van der Waals surface area (Å²) in [6.07, 6.45) is 3.95. The summed E-state index contributed by atoms with van der Waals surface area (Å²) in [4.78, 5) is 9.22. The van der Waals surface area contributed by atoms with Gasteiger partial charge >= 0.3 is 0 Å². The first-order valence-electron chi connectivity index (χ1n) is 7.43. The van der Waals surface area contributed by atoms with Gasteiger partial charge in [-0.15, -0.1) is 0 Å². The highest BCUT2D eigenvalue weighted by Crippen LogP contribution is 2.34. The second-order valence-corrected chi connectivity index (χ2v) is 6.99. The maximum Gasteiger partial charge on any atom is 0.148 e. The molecule has 20 heavy (non-hydrogen) atoms. The molecule has 0 radical (unpaired) electrons. The average molecular weight is 277 g/mol. The van der Waals surface area contributed by atoms with Gasteiger partial charge in [-0.05, 0) is 26.2 Å². The second-order valence-electron chi connectivity index (χ2n) is 6.99. The van der Waals surface area contributed by atoms with Gasteiger partial charge in [0.15, 0.2) is 0 Å². The van der Waals surface area contributed by atoms with Crippen LogP contribution in [0.2, 0.25) is 0 Å². The van der Waals surface area contributed by atoms with Crippen molar-refractivity contribution in [3.8, 4) is 0 Å². The SMILES string of the molecule is Cc1c(NN)nc(C(C)(C)C)nc1NC(C)CC1CC1. The number of hydrogen-bond donors (Lipinski definition) is 3. The largest absolute Gasteiger partial charge is 0.367 e. The van der Waals surface area contributed by atoms with Crippen molar-refractivity contribution in [3.05, 3.63) is 11.4 Å². The normalized spacial score (nSPS) is 16.9. The van der Waals surface area contributed by atoms with E-state index in [1.807, 2.05) is 6.92 Å². The maximum absolute atomic E-state index is 5.59. The number of rotatable bonds is 5. The zero-order valence-corrected chi connectivity index (χ0v) is 13.2. The summed E-state index contributed by atoms with van der Waals surface area (Å²) >= 11 is 0. The molecule has 2 rings (SSSR count). The zero-order chi connectivity index (χ0) is 14.9. The second kappa shape index (κ2) is 5.56. The standard InChI is InChI=1S/C15H27N5/c1-9(8-11-6-7-11)17-12-10(2)13(20-16)19-14(18-12)15(3,4)5/h9,11H,6-8,16H2,1-5H3,(H2,17,18,19,20). The number of anilines is 2. The molecule has 1 heterocycles. The van der Waals surface area contributed by atoms with Crippen LogP contribution in [0.15, 0.2) is 0 Å². The fraction of sp³-hybridized carbons (Fsp3) is 0.733. The molecular formula is C15H27N5. The molecule has 5 heteroatoms. The molecule has 1 fully saturated rings. The predicted octanol–water partition coefficient (Wildman–Crippen LogP) is 2.97. The molecule has 1 aromatic rings. The molecule has 5 nitrogen and oxygen atoms in total. The van der Waals surface area contributed by atoms with Crippen molar-refractivity contribution < 1.29 is 0 Å². The van der Waals surface area contributed by atoms with Crippen LogP contribution in [-0.4, -0.2) is 16.0 Å². The van der Waals surface area contributed by atoms with Crippen LogP contribution in [-0.2, 0) is 5.41 Å². The van der Waals surface area contributed by atoms with Crippen molar-refractivity contribution in [2.24, 2.45) is 11.8 Å². The molecule has 1 aromatic heterocycles. The molecule has 1 aliphatic carbocycles. The number of aromatic nitrogens is 2. The minimum absolute atomic E-state index is 0.102. The van der Waals surface area contributed by atoms with Gasteiger partial charge < -0.3 is 10.7 Å². The Labute approximate surface area is 121 Å². The lowest BCUT2D eigenvalue weighted by molar-refractivity contribution is 0.544. The summed E-state index contributed by atoms with van der Waals surface area (Å²) in [5.74, 6) is 8.88. The van der Waals surface area contributed by atoms with Gasteiger partial charge in [0.1, 0.15) is 17.5 Å². The highest BCUT2D eigenvalue weighted by Gasteiger charge is 2.25. The lowest BCUT2D eigenvalue weighted by Crippen LogP contribution is -2.24. The number of nitrogens with one attached hydrogen (secondary N) is 2. The average Bonchev–Trinajstić information content (AvgIpc) is 3.14. The third kappa shape index (κ3) is 3.60. The Hall–Kier alpha value is -1.36. The van der Waals surface area contributed by atoms with Crippen LogP contribution < -0.4 is 16.6 Å². The molecule has 0 amide bonds. The van der Waals surface area contributed by atoms with Crippen LogP contribution >= 0.6 is 0 Å².